The zero-order valence-electron chi connectivity index (χ0n) is 12.0. The van der Waals surface area contributed by atoms with Crippen LogP contribution in [0.15, 0.2) is 23.6 Å². The Morgan fingerprint density at radius 3 is 2.65 bits per heavy atom. The Morgan fingerprint density at radius 2 is 2.12 bits per heavy atom. The van der Waals surface area contributed by atoms with E-state index in [1.165, 1.54) is 25.0 Å². The van der Waals surface area contributed by atoms with Crippen LogP contribution in [0.25, 0.3) is 0 Å². The highest BCUT2D eigenvalue weighted by atomic mass is 16.5. The summed E-state index contributed by atoms with van der Waals surface area (Å²) < 4.78 is 5.46. The highest BCUT2D eigenvalue weighted by Gasteiger charge is 2.18. The van der Waals surface area contributed by atoms with Gasteiger partial charge in [0.05, 0.1) is 13.7 Å². The zero-order valence-corrected chi connectivity index (χ0v) is 12.0. The molecule has 0 amide bonds. The lowest BCUT2D eigenvalue weighted by molar-refractivity contribution is 0.249. The number of allylic oxidation sites excluding steroid dienone is 3. The molecule has 0 aromatic heterocycles. The molecule has 0 spiro atoms. The van der Waals surface area contributed by atoms with Gasteiger partial charge in [-0.3, -0.25) is 0 Å². The van der Waals surface area contributed by atoms with Crippen molar-refractivity contribution in [2.45, 2.75) is 40.0 Å². The molecule has 0 radical (unpaired) electrons. The Hall–Kier alpha value is -0.920. The summed E-state index contributed by atoms with van der Waals surface area (Å²) in [5, 5.41) is 0. The predicted molar refractivity (Wildman–Crippen MR) is 73.7 cm³/mol. The first-order valence-corrected chi connectivity index (χ1v) is 6.75. The van der Waals surface area contributed by atoms with Gasteiger partial charge in [-0.25, -0.2) is 0 Å². The largest absolute Gasteiger partial charge is 0.500 e. The average Bonchev–Trinajstić information content (AvgIpc) is 2.46. The van der Waals surface area contributed by atoms with Crippen LogP contribution in [-0.4, -0.2) is 25.6 Å². The molecule has 1 rings (SSSR count). The molecule has 1 heterocycles. The van der Waals surface area contributed by atoms with Crippen LogP contribution in [0.2, 0.25) is 0 Å². The highest BCUT2D eigenvalue weighted by molar-refractivity contribution is 5.17. The first-order chi connectivity index (χ1) is 8.08. The number of hydrogen-bond acceptors (Lipinski definition) is 2. The number of rotatable bonds is 5. The van der Waals surface area contributed by atoms with E-state index in [1.807, 2.05) is 0 Å². The molecular weight excluding hydrogens is 210 g/mol. The Balaban J connectivity index is 2.85. The predicted octanol–water partition coefficient (Wildman–Crippen LogP) is 3.81. The second-order valence-electron chi connectivity index (χ2n) is 5.28. The summed E-state index contributed by atoms with van der Waals surface area (Å²) >= 11 is 0. The first-order valence-electron chi connectivity index (χ1n) is 6.75. The van der Waals surface area contributed by atoms with Gasteiger partial charge >= 0.3 is 0 Å². The van der Waals surface area contributed by atoms with Crippen molar-refractivity contribution in [1.29, 1.82) is 0 Å². The number of ether oxygens (including phenoxy) is 1. The molecule has 1 unspecified atom stereocenters. The Morgan fingerprint density at radius 1 is 1.41 bits per heavy atom. The molecule has 0 saturated heterocycles. The molecule has 0 aromatic carbocycles. The standard InChI is InChI=1S/C15H27NO/c1-6-7-8-14-9-13(12(2)3)10-15(17-5)11-16(14)4/h9-10,12-13H,6-8,11H2,1-5H3. The minimum Gasteiger partial charge on any atom is -0.500 e. The summed E-state index contributed by atoms with van der Waals surface area (Å²) in [4.78, 5) is 2.33. The van der Waals surface area contributed by atoms with Crippen LogP contribution in [0.1, 0.15) is 40.0 Å². The Bertz CT molecular complexity index is 291. The van der Waals surface area contributed by atoms with Crippen LogP contribution in [-0.2, 0) is 4.74 Å². The lowest BCUT2D eigenvalue weighted by Gasteiger charge is -2.22. The quantitative estimate of drug-likeness (QED) is 0.721. The monoisotopic (exact) mass is 237 g/mol. The lowest BCUT2D eigenvalue weighted by atomic mass is 9.94. The summed E-state index contributed by atoms with van der Waals surface area (Å²) in [5.74, 6) is 2.22. The van der Waals surface area contributed by atoms with Crippen molar-refractivity contribution in [3.05, 3.63) is 23.6 Å². The lowest BCUT2D eigenvalue weighted by Crippen LogP contribution is -2.20. The summed E-state index contributed by atoms with van der Waals surface area (Å²) in [7, 11) is 3.94. The number of methoxy groups -OCH3 is 1. The van der Waals surface area contributed by atoms with Crippen molar-refractivity contribution in [3.63, 3.8) is 0 Å². The van der Waals surface area contributed by atoms with Gasteiger partial charge in [-0.2, -0.15) is 0 Å². The second-order valence-corrected chi connectivity index (χ2v) is 5.28. The zero-order chi connectivity index (χ0) is 12.8. The molecule has 1 atom stereocenters. The van der Waals surface area contributed by atoms with E-state index in [0.29, 0.717) is 11.8 Å². The maximum absolute atomic E-state index is 5.46. The summed E-state index contributed by atoms with van der Waals surface area (Å²) in [6, 6.07) is 0. The SMILES string of the molecule is CCCCC1=CC(C(C)C)C=C(OC)CN1C. The molecule has 0 aromatic rings. The van der Waals surface area contributed by atoms with Gasteiger partial charge in [-0.15, -0.1) is 0 Å². The van der Waals surface area contributed by atoms with Gasteiger partial charge < -0.3 is 9.64 Å². The van der Waals surface area contributed by atoms with Crippen LogP contribution in [0.5, 0.6) is 0 Å². The molecule has 98 valence electrons. The maximum Gasteiger partial charge on any atom is 0.111 e. The molecule has 1 aliphatic rings. The summed E-state index contributed by atoms with van der Waals surface area (Å²) in [5.41, 5.74) is 1.47. The van der Waals surface area contributed by atoms with Crippen molar-refractivity contribution in [1.82, 2.24) is 4.90 Å². The molecule has 0 saturated carbocycles. The third-order valence-corrected chi connectivity index (χ3v) is 3.46. The molecule has 0 N–H and O–H groups in total. The van der Waals surface area contributed by atoms with E-state index in [4.69, 9.17) is 4.74 Å². The van der Waals surface area contributed by atoms with Gasteiger partial charge in [0.2, 0.25) is 0 Å². The van der Waals surface area contributed by atoms with Crippen LogP contribution < -0.4 is 0 Å². The molecule has 1 aliphatic heterocycles. The normalized spacial score (nSPS) is 21.1. The van der Waals surface area contributed by atoms with Crippen LogP contribution in [0.4, 0.5) is 0 Å². The van der Waals surface area contributed by atoms with E-state index in [9.17, 15) is 0 Å². The average molecular weight is 237 g/mol. The fourth-order valence-electron chi connectivity index (χ4n) is 2.15. The Labute approximate surface area is 106 Å². The van der Waals surface area contributed by atoms with Crippen LogP contribution in [0.3, 0.4) is 0 Å². The summed E-state index contributed by atoms with van der Waals surface area (Å²) in [6.45, 7) is 7.69. The number of likely N-dealkylation sites (N-methyl/N-ethyl adjacent to an activating group) is 1. The first kappa shape index (κ1) is 14.1. The molecule has 17 heavy (non-hydrogen) atoms. The van der Waals surface area contributed by atoms with E-state index in [1.54, 1.807) is 7.11 Å². The number of hydrogen-bond donors (Lipinski definition) is 0. The van der Waals surface area contributed by atoms with Crippen molar-refractivity contribution < 1.29 is 4.74 Å². The fraction of sp³-hybridized carbons (Fsp3) is 0.733. The third kappa shape index (κ3) is 4.10. The molecule has 0 aliphatic carbocycles. The summed E-state index contributed by atoms with van der Waals surface area (Å²) in [6.07, 6.45) is 8.40. The minimum atomic E-state index is 0.502. The Kier molecular flexibility index (Phi) is 5.60. The van der Waals surface area contributed by atoms with E-state index < -0.39 is 0 Å². The van der Waals surface area contributed by atoms with E-state index in [-0.39, 0.29) is 0 Å². The molecular formula is C15H27NO. The van der Waals surface area contributed by atoms with Gasteiger partial charge in [0, 0.05) is 18.7 Å². The van der Waals surface area contributed by atoms with Crippen molar-refractivity contribution in [2.24, 2.45) is 11.8 Å². The van der Waals surface area contributed by atoms with Gasteiger partial charge in [0.25, 0.3) is 0 Å². The number of unbranched alkanes of at least 4 members (excludes halogenated alkanes) is 1. The van der Waals surface area contributed by atoms with Crippen LogP contribution in [0, 0.1) is 11.8 Å². The van der Waals surface area contributed by atoms with E-state index in [0.717, 1.165) is 12.3 Å². The minimum absolute atomic E-state index is 0.502. The third-order valence-electron chi connectivity index (χ3n) is 3.46. The van der Waals surface area contributed by atoms with Crippen molar-refractivity contribution >= 4 is 0 Å². The second kappa shape index (κ2) is 6.73. The van der Waals surface area contributed by atoms with Gasteiger partial charge in [0.1, 0.15) is 5.76 Å². The van der Waals surface area contributed by atoms with Gasteiger partial charge in [-0.1, -0.05) is 33.3 Å². The molecule has 2 nitrogen and oxygen atoms in total. The van der Waals surface area contributed by atoms with E-state index in [2.05, 4.69) is 44.9 Å². The fourth-order valence-corrected chi connectivity index (χ4v) is 2.15. The van der Waals surface area contributed by atoms with Gasteiger partial charge in [-0.05, 0) is 24.8 Å². The maximum atomic E-state index is 5.46. The molecule has 0 bridgehead atoms. The smallest absolute Gasteiger partial charge is 0.111 e. The van der Waals surface area contributed by atoms with Crippen molar-refractivity contribution in [3.8, 4) is 0 Å². The van der Waals surface area contributed by atoms with Gasteiger partial charge in [0.15, 0.2) is 0 Å². The number of nitrogens with zero attached hydrogens (tertiary/aromatic N) is 1. The topological polar surface area (TPSA) is 12.5 Å². The highest BCUT2D eigenvalue weighted by Crippen LogP contribution is 2.25. The van der Waals surface area contributed by atoms with E-state index >= 15 is 0 Å². The molecule has 2 heteroatoms. The molecule has 0 fully saturated rings. The van der Waals surface area contributed by atoms with Crippen molar-refractivity contribution in [2.75, 3.05) is 20.7 Å². The van der Waals surface area contributed by atoms with Crippen LogP contribution >= 0.6 is 0 Å².